The summed E-state index contributed by atoms with van der Waals surface area (Å²) in [5.74, 6) is -0.755. The van der Waals surface area contributed by atoms with E-state index in [9.17, 15) is 14.4 Å². The molecule has 1 aliphatic heterocycles. The van der Waals surface area contributed by atoms with Gasteiger partial charge in [0.25, 0.3) is 0 Å². The van der Waals surface area contributed by atoms with E-state index < -0.39 is 12.0 Å². The van der Waals surface area contributed by atoms with Crippen LogP contribution in [0.2, 0.25) is 0 Å². The van der Waals surface area contributed by atoms with Crippen molar-refractivity contribution in [3.8, 4) is 0 Å². The van der Waals surface area contributed by atoms with Gasteiger partial charge in [-0.15, -0.1) is 0 Å². The topological polar surface area (TPSA) is 63.7 Å². The Morgan fingerprint density at radius 1 is 1.38 bits per heavy atom. The van der Waals surface area contributed by atoms with Crippen molar-refractivity contribution >= 4 is 17.7 Å². The van der Waals surface area contributed by atoms with Crippen LogP contribution in [0.5, 0.6) is 0 Å². The summed E-state index contributed by atoms with van der Waals surface area (Å²) in [6, 6.07) is -0.498. The van der Waals surface area contributed by atoms with Gasteiger partial charge in [0.05, 0.1) is 13.5 Å². The lowest BCUT2D eigenvalue weighted by Crippen LogP contribution is -2.41. The average Bonchev–Trinajstić information content (AvgIpc) is 2.76. The third-order valence-corrected chi connectivity index (χ3v) is 2.79. The van der Waals surface area contributed by atoms with Gasteiger partial charge >= 0.3 is 5.97 Å². The van der Waals surface area contributed by atoms with Crippen LogP contribution in [-0.2, 0) is 19.1 Å². The summed E-state index contributed by atoms with van der Waals surface area (Å²) < 4.78 is 4.63. The minimum absolute atomic E-state index is 0.0967. The quantitative estimate of drug-likeness (QED) is 0.519. The summed E-state index contributed by atoms with van der Waals surface area (Å²) in [4.78, 5) is 35.7. The van der Waals surface area contributed by atoms with E-state index >= 15 is 0 Å². The Kier molecular flexibility index (Phi) is 4.46. The number of esters is 1. The molecule has 1 atom stereocenters. The van der Waals surface area contributed by atoms with Gasteiger partial charge in [0.2, 0.25) is 5.91 Å². The van der Waals surface area contributed by atoms with Crippen molar-refractivity contribution in [3.63, 3.8) is 0 Å². The fourth-order valence-corrected chi connectivity index (χ4v) is 1.84. The van der Waals surface area contributed by atoms with Gasteiger partial charge in [-0.25, -0.2) is 4.79 Å². The number of hydrogen-bond donors (Lipinski definition) is 0. The van der Waals surface area contributed by atoms with E-state index in [1.54, 1.807) is 6.92 Å². The summed E-state index contributed by atoms with van der Waals surface area (Å²) in [6.07, 6.45) is 1.65. The highest BCUT2D eigenvalue weighted by atomic mass is 16.5. The molecular weight excluding hydrogens is 210 g/mol. The largest absolute Gasteiger partial charge is 0.467 e. The molecule has 1 unspecified atom stereocenters. The van der Waals surface area contributed by atoms with Crippen molar-refractivity contribution in [2.75, 3.05) is 13.7 Å². The number of methoxy groups -OCH3 is 1. The lowest BCUT2D eigenvalue weighted by Gasteiger charge is -2.22. The minimum atomic E-state index is -0.498. The zero-order valence-electron chi connectivity index (χ0n) is 9.69. The van der Waals surface area contributed by atoms with Gasteiger partial charge in [-0.3, -0.25) is 9.59 Å². The molecule has 5 nitrogen and oxygen atoms in total. The van der Waals surface area contributed by atoms with Crippen LogP contribution in [0.15, 0.2) is 0 Å². The number of carbonyl (C=O) groups excluding carboxylic acids is 3. The smallest absolute Gasteiger partial charge is 0.328 e. The minimum Gasteiger partial charge on any atom is -0.467 e. The third-order valence-electron chi connectivity index (χ3n) is 2.79. The summed E-state index contributed by atoms with van der Waals surface area (Å²) in [7, 11) is 1.31. The zero-order valence-corrected chi connectivity index (χ0v) is 9.69. The molecular formula is C11H17NO4. The van der Waals surface area contributed by atoms with Crippen LogP contribution in [0.1, 0.15) is 32.6 Å². The monoisotopic (exact) mass is 227 g/mol. The Hall–Kier alpha value is -1.39. The molecule has 0 spiro atoms. The lowest BCUT2D eigenvalue weighted by molar-refractivity contribution is -0.151. The third kappa shape index (κ3) is 2.81. The van der Waals surface area contributed by atoms with Crippen LogP contribution < -0.4 is 0 Å². The molecule has 1 rings (SSSR count). The van der Waals surface area contributed by atoms with Crippen LogP contribution >= 0.6 is 0 Å². The highest BCUT2D eigenvalue weighted by Gasteiger charge is 2.34. The summed E-state index contributed by atoms with van der Waals surface area (Å²) in [5.41, 5.74) is 0. The molecule has 0 radical (unpaired) electrons. The van der Waals surface area contributed by atoms with Gasteiger partial charge in [0.15, 0.2) is 0 Å². The molecule has 1 heterocycles. The number of hydrogen-bond acceptors (Lipinski definition) is 4. The molecule has 0 bridgehead atoms. The van der Waals surface area contributed by atoms with Gasteiger partial charge < -0.3 is 9.64 Å². The maximum atomic E-state index is 11.7. The van der Waals surface area contributed by atoms with E-state index in [4.69, 9.17) is 0 Å². The fraction of sp³-hybridized carbons (Fsp3) is 0.727. The summed E-state index contributed by atoms with van der Waals surface area (Å²) in [5, 5.41) is 0. The predicted molar refractivity (Wildman–Crippen MR) is 56.7 cm³/mol. The molecule has 5 heteroatoms. The fourth-order valence-electron chi connectivity index (χ4n) is 1.84. The predicted octanol–water partition coefficient (Wildman–Crippen LogP) is 0.520. The Labute approximate surface area is 94.7 Å². The molecule has 0 aromatic heterocycles. The molecule has 1 amide bonds. The molecule has 0 N–H and O–H groups in total. The average molecular weight is 227 g/mol. The van der Waals surface area contributed by atoms with Crippen molar-refractivity contribution in [2.45, 2.75) is 38.6 Å². The van der Waals surface area contributed by atoms with Crippen molar-refractivity contribution in [1.82, 2.24) is 4.90 Å². The molecule has 0 aromatic carbocycles. The van der Waals surface area contributed by atoms with Crippen LogP contribution in [-0.4, -0.2) is 42.3 Å². The van der Waals surface area contributed by atoms with Gasteiger partial charge in [0.1, 0.15) is 11.8 Å². The van der Waals surface area contributed by atoms with Gasteiger partial charge in [-0.1, -0.05) is 6.92 Å². The summed E-state index contributed by atoms with van der Waals surface area (Å²) >= 11 is 0. The van der Waals surface area contributed by atoms with Crippen molar-refractivity contribution in [2.24, 2.45) is 0 Å². The Balaban J connectivity index is 2.61. The van der Waals surface area contributed by atoms with E-state index in [0.717, 1.165) is 6.42 Å². The number of ketones is 1. The summed E-state index contributed by atoms with van der Waals surface area (Å²) in [6.45, 7) is 2.26. The molecule has 0 aliphatic carbocycles. The number of nitrogens with zero attached hydrogens (tertiary/aromatic N) is 1. The first-order valence-electron chi connectivity index (χ1n) is 5.49. The molecule has 1 aliphatic rings. The maximum absolute atomic E-state index is 11.7. The number of rotatable bonds is 4. The second kappa shape index (κ2) is 5.63. The van der Waals surface area contributed by atoms with Crippen molar-refractivity contribution in [1.29, 1.82) is 0 Å². The number of Topliss-reactive ketones (excluding diaryl/α,β-unsaturated/α-hetero) is 1. The van der Waals surface area contributed by atoms with E-state index in [0.29, 0.717) is 19.4 Å². The number of amides is 1. The Bertz CT molecular complexity index is 300. The molecule has 1 saturated heterocycles. The van der Waals surface area contributed by atoms with Crippen LogP contribution in [0.25, 0.3) is 0 Å². The second-order valence-electron chi connectivity index (χ2n) is 3.84. The van der Waals surface area contributed by atoms with E-state index in [-0.39, 0.29) is 18.1 Å². The maximum Gasteiger partial charge on any atom is 0.328 e. The number of carbonyl (C=O) groups is 3. The molecule has 0 aromatic rings. The molecule has 16 heavy (non-hydrogen) atoms. The van der Waals surface area contributed by atoms with E-state index in [1.165, 1.54) is 12.0 Å². The van der Waals surface area contributed by atoms with Crippen molar-refractivity contribution in [3.05, 3.63) is 0 Å². The highest BCUT2D eigenvalue weighted by Crippen LogP contribution is 2.19. The Morgan fingerprint density at radius 3 is 2.62 bits per heavy atom. The first kappa shape index (κ1) is 12.7. The second-order valence-corrected chi connectivity index (χ2v) is 3.84. The number of ether oxygens (including phenoxy) is 1. The molecule has 0 saturated carbocycles. The first-order chi connectivity index (χ1) is 7.60. The van der Waals surface area contributed by atoms with Gasteiger partial charge in [0, 0.05) is 13.0 Å². The normalized spacial score (nSPS) is 19.6. The van der Waals surface area contributed by atoms with Crippen LogP contribution in [0.4, 0.5) is 0 Å². The van der Waals surface area contributed by atoms with Crippen molar-refractivity contribution < 1.29 is 19.1 Å². The van der Waals surface area contributed by atoms with Gasteiger partial charge in [-0.05, 0) is 12.8 Å². The zero-order chi connectivity index (χ0) is 12.1. The van der Waals surface area contributed by atoms with Gasteiger partial charge in [-0.2, -0.15) is 0 Å². The molecule has 1 fully saturated rings. The van der Waals surface area contributed by atoms with Crippen LogP contribution in [0.3, 0.4) is 0 Å². The highest BCUT2D eigenvalue weighted by molar-refractivity contribution is 5.99. The first-order valence-corrected chi connectivity index (χ1v) is 5.49. The lowest BCUT2D eigenvalue weighted by atomic mass is 10.2. The van der Waals surface area contributed by atoms with E-state index in [1.807, 2.05) is 0 Å². The standard InChI is InChI=1S/C11H17NO4/c1-3-8(13)7-10(14)12-6-4-5-9(12)11(15)16-2/h9H,3-7H2,1-2H3. The Morgan fingerprint density at radius 2 is 2.06 bits per heavy atom. The number of likely N-dealkylation sites (tertiary alicyclic amines) is 1. The SMILES string of the molecule is CCC(=O)CC(=O)N1CCCC1C(=O)OC. The van der Waals surface area contributed by atoms with Crippen LogP contribution in [0, 0.1) is 0 Å². The van der Waals surface area contributed by atoms with E-state index in [2.05, 4.69) is 4.74 Å². The molecule has 90 valence electrons.